The molecule has 0 unspecified atom stereocenters. The molecule has 2 aromatic rings. The SMILES string of the molecule is C=CCNC(=O)[C@H](C)Sc1nc(C2CC2)nc2ccccc12. The smallest absolute Gasteiger partial charge is 0.233 e. The minimum absolute atomic E-state index is 0.000523. The van der Waals surface area contributed by atoms with Crippen molar-refractivity contribution in [2.24, 2.45) is 0 Å². The number of benzene rings is 1. The molecule has 3 rings (SSSR count). The zero-order chi connectivity index (χ0) is 15.5. The van der Waals surface area contributed by atoms with Gasteiger partial charge in [-0.3, -0.25) is 4.79 Å². The third-order valence-electron chi connectivity index (χ3n) is 3.61. The van der Waals surface area contributed by atoms with Gasteiger partial charge in [-0.15, -0.1) is 6.58 Å². The highest BCUT2D eigenvalue weighted by atomic mass is 32.2. The number of aromatic nitrogens is 2. The van der Waals surface area contributed by atoms with Gasteiger partial charge in [0.1, 0.15) is 10.9 Å². The molecule has 0 radical (unpaired) electrons. The molecule has 0 bridgehead atoms. The molecule has 1 amide bonds. The third-order valence-corrected chi connectivity index (χ3v) is 4.71. The van der Waals surface area contributed by atoms with Crippen molar-refractivity contribution in [2.75, 3.05) is 6.54 Å². The number of amides is 1. The Labute approximate surface area is 134 Å². The molecule has 0 saturated heterocycles. The fourth-order valence-corrected chi connectivity index (χ4v) is 3.19. The number of thioether (sulfide) groups is 1. The summed E-state index contributed by atoms with van der Waals surface area (Å²) in [6.07, 6.45) is 4.01. The molecule has 1 heterocycles. The molecule has 1 aromatic carbocycles. The van der Waals surface area contributed by atoms with Crippen LogP contribution < -0.4 is 5.32 Å². The zero-order valence-corrected chi connectivity index (χ0v) is 13.4. The molecule has 22 heavy (non-hydrogen) atoms. The first-order valence-electron chi connectivity index (χ1n) is 7.51. The first kappa shape index (κ1) is 15.0. The third kappa shape index (κ3) is 3.30. The van der Waals surface area contributed by atoms with E-state index in [-0.39, 0.29) is 11.2 Å². The fraction of sp³-hybridized carbons (Fsp3) is 0.353. The van der Waals surface area contributed by atoms with Crippen LogP contribution in [0.4, 0.5) is 0 Å². The van der Waals surface area contributed by atoms with Gasteiger partial charge >= 0.3 is 0 Å². The summed E-state index contributed by atoms with van der Waals surface area (Å²) < 4.78 is 0. The van der Waals surface area contributed by atoms with Gasteiger partial charge in [-0.1, -0.05) is 36.0 Å². The number of rotatable bonds is 6. The maximum atomic E-state index is 12.1. The summed E-state index contributed by atoms with van der Waals surface area (Å²) in [5.74, 6) is 1.41. The zero-order valence-electron chi connectivity index (χ0n) is 12.6. The minimum Gasteiger partial charge on any atom is -0.352 e. The molecule has 1 atom stereocenters. The summed E-state index contributed by atoms with van der Waals surface area (Å²) in [5.41, 5.74) is 0.959. The Morgan fingerprint density at radius 2 is 2.23 bits per heavy atom. The van der Waals surface area contributed by atoms with E-state index < -0.39 is 0 Å². The molecule has 0 spiro atoms. The van der Waals surface area contributed by atoms with E-state index in [0.717, 1.165) is 34.6 Å². The van der Waals surface area contributed by atoms with Crippen molar-refractivity contribution in [1.29, 1.82) is 0 Å². The molecule has 0 aliphatic heterocycles. The van der Waals surface area contributed by atoms with Crippen LogP contribution in [-0.4, -0.2) is 27.7 Å². The molecular weight excluding hydrogens is 294 g/mol. The monoisotopic (exact) mass is 313 g/mol. The fourth-order valence-electron chi connectivity index (χ4n) is 2.22. The van der Waals surface area contributed by atoms with Crippen molar-refractivity contribution < 1.29 is 4.79 Å². The lowest BCUT2D eigenvalue weighted by molar-refractivity contribution is -0.120. The molecular formula is C17H19N3OS. The summed E-state index contributed by atoms with van der Waals surface area (Å²) in [6.45, 7) is 6.00. The van der Waals surface area contributed by atoms with E-state index in [9.17, 15) is 4.79 Å². The van der Waals surface area contributed by atoms with E-state index in [0.29, 0.717) is 12.5 Å². The average molecular weight is 313 g/mol. The molecule has 4 nitrogen and oxygen atoms in total. The number of fused-ring (bicyclic) bond motifs is 1. The van der Waals surface area contributed by atoms with Gasteiger partial charge in [0.2, 0.25) is 5.91 Å². The van der Waals surface area contributed by atoms with E-state index in [1.807, 2.05) is 31.2 Å². The van der Waals surface area contributed by atoms with Gasteiger partial charge in [-0.2, -0.15) is 0 Å². The quantitative estimate of drug-likeness (QED) is 0.505. The van der Waals surface area contributed by atoms with Crippen molar-refractivity contribution in [2.45, 2.75) is 36.0 Å². The second-order valence-corrected chi connectivity index (χ2v) is 6.80. The van der Waals surface area contributed by atoms with Crippen molar-refractivity contribution in [3.05, 3.63) is 42.7 Å². The number of hydrogen-bond donors (Lipinski definition) is 1. The number of nitrogens with zero attached hydrogens (tertiary/aromatic N) is 2. The maximum absolute atomic E-state index is 12.1. The number of carbonyl (C=O) groups is 1. The van der Waals surface area contributed by atoms with Gasteiger partial charge < -0.3 is 5.32 Å². The Kier molecular flexibility index (Phi) is 4.43. The largest absolute Gasteiger partial charge is 0.352 e. The summed E-state index contributed by atoms with van der Waals surface area (Å²) in [4.78, 5) is 21.4. The predicted molar refractivity (Wildman–Crippen MR) is 90.0 cm³/mol. The Balaban J connectivity index is 1.88. The molecule has 1 aliphatic carbocycles. The van der Waals surface area contributed by atoms with E-state index in [1.54, 1.807) is 6.08 Å². The molecule has 1 aromatic heterocycles. The van der Waals surface area contributed by atoms with Crippen LogP contribution in [0.25, 0.3) is 10.9 Å². The standard InChI is InChI=1S/C17H19N3OS/c1-3-10-18-16(21)11(2)22-17-13-6-4-5-7-14(13)19-15(20-17)12-8-9-12/h3-7,11-12H,1,8-10H2,2H3,(H,18,21)/t11-/m0/s1. The Morgan fingerprint density at radius 1 is 1.45 bits per heavy atom. The van der Waals surface area contributed by atoms with Gasteiger partial charge in [0, 0.05) is 17.8 Å². The van der Waals surface area contributed by atoms with Crippen LogP contribution in [0.2, 0.25) is 0 Å². The topological polar surface area (TPSA) is 54.9 Å². The van der Waals surface area contributed by atoms with E-state index >= 15 is 0 Å². The van der Waals surface area contributed by atoms with E-state index in [1.165, 1.54) is 11.8 Å². The van der Waals surface area contributed by atoms with Crippen LogP contribution in [0, 0.1) is 0 Å². The highest BCUT2D eigenvalue weighted by Crippen LogP contribution is 2.40. The Hall–Kier alpha value is -1.88. The van der Waals surface area contributed by atoms with Crippen LogP contribution in [0.15, 0.2) is 41.9 Å². The minimum atomic E-state index is -0.203. The van der Waals surface area contributed by atoms with Crippen LogP contribution in [0.3, 0.4) is 0 Å². The first-order chi connectivity index (χ1) is 10.7. The van der Waals surface area contributed by atoms with Crippen molar-refractivity contribution in [1.82, 2.24) is 15.3 Å². The second kappa shape index (κ2) is 6.48. The number of hydrogen-bond acceptors (Lipinski definition) is 4. The summed E-state index contributed by atoms with van der Waals surface area (Å²) in [7, 11) is 0. The highest BCUT2D eigenvalue weighted by molar-refractivity contribution is 8.00. The normalized spacial score (nSPS) is 15.5. The van der Waals surface area contributed by atoms with Crippen LogP contribution in [0.5, 0.6) is 0 Å². The summed E-state index contributed by atoms with van der Waals surface area (Å²) >= 11 is 1.49. The number of para-hydroxylation sites is 1. The van der Waals surface area contributed by atoms with Gasteiger partial charge in [-0.25, -0.2) is 9.97 Å². The van der Waals surface area contributed by atoms with Gasteiger partial charge in [0.05, 0.1) is 10.8 Å². The van der Waals surface area contributed by atoms with Crippen molar-refractivity contribution in [3.8, 4) is 0 Å². The molecule has 1 fully saturated rings. The lowest BCUT2D eigenvalue weighted by atomic mass is 10.2. The first-order valence-corrected chi connectivity index (χ1v) is 8.39. The highest BCUT2D eigenvalue weighted by Gasteiger charge is 2.28. The molecule has 1 N–H and O–H groups in total. The summed E-state index contributed by atoms with van der Waals surface area (Å²) in [5, 5.41) is 4.54. The molecule has 1 saturated carbocycles. The van der Waals surface area contributed by atoms with Gasteiger partial charge in [0.15, 0.2) is 0 Å². The lowest BCUT2D eigenvalue weighted by Crippen LogP contribution is -2.30. The predicted octanol–water partition coefficient (Wildman–Crippen LogP) is 3.29. The van der Waals surface area contributed by atoms with Crippen molar-refractivity contribution >= 4 is 28.6 Å². The van der Waals surface area contributed by atoms with Gasteiger partial charge in [-0.05, 0) is 25.8 Å². The second-order valence-electron chi connectivity index (χ2n) is 5.47. The van der Waals surface area contributed by atoms with Crippen LogP contribution >= 0.6 is 11.8 Å². The van der Waals surface area contributed by atoms with Crippen LogP contribution in [0.1, 0.15) is 31.5 Å². The van der Waals surface area contributed by atoms with E-state index in [2.05, 4.69) is 16.9 Å². The van der Waals surface area contributed by atoms with Gasteiger partial charge in [0.25, 0.3) is 0 Å². The maximum Gasteiger partial charge on any atom is 0.233 e. The number of carbonyl (C=O) groups excluding carboxylic acids is 1. The number of nitrogens with one attached hydrogen (secondary N) is 1. The molecule has 114 valence electrons. The van der Waals surface area contributed by atoms with Crippen molar-refractivity contribution in [3.63, 3.8) is 0 Å². The molecule has 1 aliphatic rings. The summed E-state index contributed by atoms with van der Waals surface area (Å²) in [6, 6.07) is 7.99. The molecule has 5 heteroatoms. The lowest BCUT2D eigenvalue weighted by Gasteiger charge is -2.13. The van der Waals surface area contributed by atoms with E-state index in [4.69, 9.17) is 4.98 Å². The Morgan fingerprint density at radius 3 is 2.95 bits per heavy atom. The van der Waals surface area contributed by atoms with Crippen LogP contribution in [-0.2, 0) is 4.79 Å². The average Bonchev–Trinajstić information content (AvgIpc) is 3.37. The Bertz CT molecular complexity index is 712.